The maximum absolute atomic E-state index is 8.90. The summed E-state index contributed by atoms with van der Waals surface area (Å²) >= 11 is 1.69. The Morgan fingerprint density at radius 1 is 1.39 bits per heavy atom. The van der Waals surface area contributed by atoms with Gasteiger partial charge in [0, 0.05) is 23.7 Å². The summed E-state index contributed by atoms with van der Waals surface area (Å²) in [6.07, 6.45) is 2.36. The van der Waals surface area contributed by atoms with Crippen LogP contribution in [0.1, 0.15) is 27.9 Å². The highest BCUT2D eigenvalue weighted by molar-refractivity contribution is 7.11. The van der Waals surface area contributed by atoms with Gasteiger partial charge >= 0.3 is 0 Å². The summed E-state index contributed by atoms with van der Waals surface area (Å²) in [7, 11) is 0. The van der Waals surface area contributed by atoms with Gasteiger partial charge in [-0.25, -0.2) is 4.98 Å². The minimum atomic E-state index is 0.0820. The van der Waals surface area contributed by atoms with E-state index in [4.69, 9.17) is 5.26 Å². The van der Waals surface area contributed by atoms with Gasteiger partial charge in [0.1, 0.15) is 0 Å². The highest BCUT2D eigenvalue weighted by atomic mass is 32.1. The Bertz CT molecular complexity index is 527. The molecule has 3 nitrogen and oxygen atoms in total. The Balaban J connectivity index is 2.01. The van der Waals surface area contributed by atoms with Crippen molar-refractivity contribution in [2.45, 2.75) is 25.9 Å². The van der Waals surface area contributed by atoms with Gasteiger partial charge in [-0.15, -0.1) is 11.3 Å². The van der Waals surface area contributed by atoms with Crippen LogP contribution >= 0.6 is 11.3 Å². The third kappa shape index (κ3) is 3.39. The molecule has 0 spiro atoms. The number of thiazole rings is 1. The Morgan fingerprint density at radius 3 is 2.78 bits per heavy atom. The minimum Gasteiger partial charge on any atom is -0.304 e. The van der Waals surface area contributed by atoms with Gasteiger partial charge in [-0.2, -0.15) is 5.26 Å². The number of rotatable bonds is 5. The van der Waals surface area contributed by atoms with Crippen LogP contribution < -0.4 is 5.32 Å². The zero-order valence-corrected chi connectivity index (χ0v) is 11.1. The molecule has 1 aromatic heterocycles. The molecule has 0 aliphatic rings. The van der Waals surface area contributed by atoms with Gasteiger partial charge in [0.2, 0.25) is 0 Å². The molecule has 1 aromatic carbocycles. The average Bonchev–Trinajstić information content (AvgIpc) is 2.81. The van der Waals surface area contributed by atoms with Crippen molar-refractivity contribution in [2.75, 3.05) is 0 Å². The Hall–Kier alpha value is -1.70. The molecule has 92 valence electrons. The average molecular weight is 257 g/mol. The number of aromatic nitrogens is 1. The van der Waals surface area contributed by atoms with Crippen molar-refractivity contribution in [1.29, 1.82) is 5.26 Å². The van der Waals surface area contributed by atoms with Crippen LogP contribution in [0.5, 0.6) is 0 Å². The van der Waals surface area contributed by atoms with Crippen molar-refractivity contribution in [3.8, 4) is 6.07 Å². The van der Waals surface area contributed by atoms with Crippen LogP contribution in [0.3, 0.4) is 0 Å². The first kappa shape index (κ1) is 12.7. The maximum Gasteiger partial charge on any atom is 0.0897 e. The second kappa shape index (κ2) is 6.29. The summed E-state index contributed by atoms with van der Waals surface area (Å²) in [6.45, 7) is 2.75. The molecule has 0 aliphatic heterocycles. The summed E-state index contributed by atoms with van der Waals surface area (Å²) in [5.74, 6) is 0. The number of nitriles is 1. The highest BCUT2D eigenvalue weighted by Gasteiger charge is 2.10. The van der Waals surface area contributed by atoms with Crippen LogP contribution in [0, 0.1) is 18.3 Å². The van der Waals surface area contributed by atoms with Crippen molar-refractivity contribution in [3.63, 3.8) is 0 Å². The lowest BCUT2D eigenvalue weighted by atomic mass is 10.0. The normalized spacial score (nSPS) is 12.0. The molecule has 0 aliphatic carbocycles. The second-order valence-corrected chi connectivity index (χ2v) is 5.37. The van der Waals surface area contributed by atoms with E-state index in [-0.39, 0.29) is 6.04 Å². The van der Waals surface area contributed by atoms with Gasteiger partial charge in [-0.1, -0.05) is 30.3 Å². The predicted molar refractivity (Wildman–Crippen MR) is 73.1 cm³/mol. The Kier molecular flexibility index (Phi) is 4.46. The van der Waals surface area contributed by atoms with E-state index in [1.165, 1.54) is 4.88 Å². The molecule has 1 heterocycles. The van der Waals surface area contributed by atoms with Crippen LogP contribution in [0.15, 0.2) is 36.5 Å². The second-order valence-electron chi connectivity index (χ2n) is 4.05. The fourth-order valence-electron chi connectivity index (χ4n) is 1.80. The van der Waals surface area contributed by atoms with E-state index in [0.717, 1.165) is 17.1 Å². The van der Waals surface area contributed by atoms with Crippen molar-refractivity contribution < 1.29 is 0 Å². The van der Waals surface area contributed by atoms with Crippen molar-refractivity contribution in [3.05, 3.63) is 52.0 Å². The molecule has 1 N–H and O–H groups in total. The van der Waals surface area contributed by atoms with Crippen molar-refractivity contribution >= 4 is 11.3 Å². The first-order valence-electron chi connectivity index (χ1n) is 5.86. The highest BCUT2D eigenvalue weighted by Crippen LogP contribution is 2.18. The predicted octanol–water partition coefficient (Wildman–Crippen LogP) is 3.20. The quantitative estimate of drug-likeness (QED) is 0.894. The molecule has 0 fully saturated rings. The molecule has 0 amide bonds. The van der Waals surface area contributed by atoms with E-state index in [9.17, 15) is 0 Å². The first-order chi connectivity index (χ1) is 8.79. The molecular weight excluding hydrogens is 242 g/mol. The molecule has 0 radical (unpaired) electrons. The standard InChI is InChI=1S/C14H15N3S/c1-11-16-9-13(18-11)10-17-14(7-8-15)12-5-3-2-4-6-12/h2-6,9,14,17H,7,10H2,1H3. The van der Waals surface area contributed by atoms with Crippen LogP contribution in [0.2, 0.25) is 0 Å². The zero-order valence-electron chi connectivity index (χ0n) is 10.3. The zero-order chi connectivity index (χ0) is 12.8. The fourth-order valence-corrected chi connectivity index (χ4v) is 2.54. The Morgan fingerprint density at radius 2 is 2.17 bits per heavy atom. The summed E-state index contributed by atoms with van der Waals surface area (Å²) in [5, 5.41) is 13.4. The molecule has 2 aromatic rings. The number of nitrogens with zero attached hydrogens (tertiary/aromatic N) is 2. The van der Waals surface area contributed by atoms with Crippen LogP contribution in [0.25, 0.3) is 0 Å². The lowest BCUT2D eigenvalue weighted by Crippen LogP contribution is -2.20. The topological polar surface area (TPSA) is 48.7 Å². The van der Waals surface area contributed by atoms with Crippen molar-refractivity contribution in [1.82, 2.24) is 10.3 Å². The minimum absolute atomic E-state index is 0.0820. The summed E-state index contributed by atoms with van der Waals surface area (Å²) < 4.78 is 0. The number of aryl methyl sites for hydroxylation is 1. The lowest BCUT2D eigenvalue weighted by molar-refractivity contribution is 0.545. The van der Waals surface area contributed by atoms with Gasteiger partial charge < -0.3 is 5.32 Å². The van der Waals surface area contributed by atoms with E-state index in [2.05, 4.69) is 16.4 Å². The molecule has 2 rings (SSSR count). The van der Waals surface area contributed by atoms with Gasteiger partial charge in [0.05, 0.1) is 17.5 Å². The van der Waals surface area contributed by atoms with E-state index in [1.807, 2.05) is 43.5 Å². The molecule has 0 bridgehead atoms. The summed E-state index contributed by atoms with van der Waals surface area (Å²) in [5.41, 5.74) is 1.15. The number of benzene rings is 1. The summed E-state index contributed by atoms with van der Waals surface area (Å²) in [6, 6.07) is 12.4. The third-order valence-corrected chi connectivity index (χ3v) is 3.60. The smallest absolute Gasteiger partial charge is 0.0897 e. The van der Waals surface area contributed by atoms with E-state index < -0.39 is 0 Å². The van der Waals surface area contributed by atoms with Crippen LogP contribution in [-0.4, -0.2) is 4.98 Å². The molecular formula is C14H15N3S. The molecule has 1 atom stereocenters. The monoisotopic (exact) mass is 257 g/mol. The summed E-state index contributed by atoms with van der Waals surface area (Å²) in [4.78, 5) is 5.43. The number of nitrogens with one attached hydrogen (secondary N) is 1. The molecule has 18 heavy (non-hydrogen) atoms. The molecule has 4 heteroatoms. The van der Waals surface area contributed by atoms with Gasteiger partial charge in [-0.05, 0) is 12.5 Å². The third-order valence-electron chi connectivity index (χ3n) is 2.69. The fraction of sp³-hybridized carbons (Fsp3) is 0.286. The van der Waals surface area contributed by atoms with E-state index in [1.54, 1.807) is 11.3 Å². The van der Waals surface area contributed by atoms with E-state index in [0.29, 0.717) is 6.42 Å². The maximum atomic E-state index is 8.90. The molecule has 1 unspecified atom stereocenters. The number of hydrogen-bond acceptors (Lipinski definition) is 4. The van der Waals surface area contributed by atoms with E-state index >= 15 is 0 Å². The van der Waals surface area contributed by atoms with Gasteiger partial charge in [0.15, 0.2) is 0 Å². The van der Waals surface area contributed by atoms with Gasteiger partial charge in [0.25, 0.3) is 0 Å². The van der Waals surface area contributed by atoms with Crippen LogP contribution in [0.4, 0.5) is 0 Å². The molecule has 0 saturated carbocycles. The SMILES string of the molecule is Cc1ncc(CNC(CC#N)c2ccccc2)s1. The largest absolute Gasteiger partial charge is 0.304 e. The first-order valence-corrected chi connectivity index (χ1v) is 6.68. The van der Waals surface area contributed by atoms with Crippen LogP contribution in [-0.2, 0) is 6.54 Å². The number of hydrogen-bond donors (Lipinski definition) is 1. The van der Waals surface area contributed by atoms with Crippen molar-refractivity contribution in [2.24, 2.45) is 0 Å². The molecule has 0 saturated heterocycles. The Labute approximate surface area is 111 Å². The van der Waals surface area contributed by atoms with Gasteiger partial charge in [-0.3, -0.25) is 0 Å². The lowest BCUT2D eigenvalue weighted by Gasteiger charge is -2.15.